The van der Waals surface area contributed by atoms with E-state index in [9.17, 15) is 0 Å². The van der Waals surface area contributed by atoms with Crippen LogP contribution in [0, 0.1) is 41.4 Å². The molecule has 4 aliphatic carbocycles. The second kappa shape index (κ2) is 3.34. The molecule has 5 aliphatic rings. The van der Waals surface area contributed by atoms with Crippen LogP contribution in [0.15, 0.2) is 0 Å². The van der Waals surface area contributed by atoms with Crippen molar-refractivity contribution in [1.82, 2.24) is 4.90 Å². The Bertz CT molecular complexity index is 376. The maximum atomic E-state index is 2.93. The molecule has 0 aromatic rings. The summed E-state index contributed by atoms with van der Waals surface area (Å²) in [4.78, 5) is 2.93. The summed E-state index contributed by atoms with van der Waals surface area (Å²) in [6.07, 6.45) is 2.88. The summed E-state index contributed by atoms with van der Waals surface area (Å²) in [5, 5.41) is 0. The molecule has 0 aromatic carbocycles. The highest BCUT2D eigenvalue weighted by atomic mass is 15.3. The van der Waals surface area contributed by atoms with Gasteiger partial charge in [0.05, 0.1) is 0 Å². The standard InChI is InChI=1S/C17H29N/c1-6-7-12-10(4)17-11(5)14-13(16(17)15(12)14)8-18(17)9(2)3/h9-16H,6-8H2,1-5H3. The predicted molar refractivity (Wildman–Crippen MR) is 75.3 cm³/mol. The second-order valence-corrected chi connectivity index (χ2v) is 8.01. The summed E-state index contributed by atoms with van der Waals surface area (Å²) in [7, 11) is 0. The van der Waals surface area contributed by atoms with Crippen molar-refractivity contribution in [1.29, 1.82) is 0 Å². The van der Waals surface area contributed by atoms with E-state index in [-0.39, 0.29) is 0 Å². The topological polar surface area (TPSA) is 3.24 Å². The van der Waals surface area contributed by atoms with Gasteiger partial charge in [0.2, 0.25) is 0 Å². The average Bonchev–Trinajstić information content (AvgIpc) is 2.86. The van der Waals surface area contributed by atoms with Gasteiger partial charge in [-0.25, -0.2) is 0 Å². The SMILES string of the molecule is CCCC1C2C3C4CN(C(C)C)C(C1C)(C3C)C42. The fourth-order valence-electron chi connectivity index (χ4n) is 7.59. The molecule has 5 bridgehead atoms. The van der Waals surface area contributed by atoms with Crippen LogP contribution in [0.4, 0.5) is 0 Å². The van der Waals surface area contributed by atoms with Crippen LogP contribution in [-0.4, -0.2) is 23.0 Å². The molecule has 0 N–H and O–H groups in total. The molecule has 0 amide bonds. The third-order valence-electron chi connectivity index (χ3n) is 7.67. The largest absolute Gasteiger partial charge is 0.294 e. The summed E-state index contributed by atoms with van der Waals surface area (Å²) in [6, 6.07) is 0.752. The maximum Gasteiger partial charge on any atom is 0.0303 e. The minimum atomic E-state index is 0.619. The van der Waals surface area contributed by atoms with Gasteiger partial charge in [-0.2, -0.15) is 0 Å². The highest BCUT2D eigenvalue weighted by Gasteiger charge is 2.84. The molecule has 18 heavy (non-hydrogen) atoms. The van der Waals surface area contributed by atoms with Crippen molar-refractivity contribution in [2.75, 3.05) is 6.54 Å². The van der Waals surface area contributed by atoms with Gasteiger partial charge in [-0.3, -0.25) is 4.90 Å². The summed E-state index contributed by atoms with van der Waals surface area (Å²) in [5.41, 5.74) is 0.619. The van der Waals surface area contributed by atoms with E-state index in [1.165, 1.54) is 19.4 Å². The first-order valence-electron chi connectivity index (χ1n) is 8.33. The Kier molecular flexibility index (Phi) is 2.18. The van der Waals surface area contributed by atoms with Crippen molar-refractivity contribution in [3.05, 3.63) is 0 Å². The van der Waals surface area contributed by atoms with Crippen molar-refractivity contribution in [3.8, 4) is 0 Å². The summed E-state index contributed by atoms with van der Waals surface area (Å²) < 4.78 is 0. The van der Waals surface area contributed by atoms with E-state index in [1.807, 2.05) is 0 Å². The molecular formula is C17H29N. The molecule has 8 unspecified atom stereocenters. The molecule has 1 heterocycles. The van der Waals surface area contributed by atoms with Crippen molar-refractivity contribution in [2.45, 2.75) is 59.0 Å². The Morgan fingerprint density at radius 2 is 1.89 bits per heavy atom. The lowest BCUT2D eigenvalue weighted by atomic mass is 9.57. The zero-order valence-corrected chi connectivity index (χ0v) is 12.7. The molecule has 5 rings (SSSR count). The first kappa shape index (κ1) is 11.8. The zero-order chi connectivity index (χ0) is 12.8. The lowest BCUT2D eigenvalue weighted by molar-refractivity contribution is -0.0718. The average molecular weight is 247 g/mol. The molecule has 102 valence electrons. The van der Waals surface area contributed by atoms with Crippen LogP contribution in [-0.2, 0) is 0 Å². The molecule has 0 aromatic heterocycles. The normalized spacial score (nSPS) is 60.7. The molecular weight excluding hydrogens is 218 g/mol. The van der Waals surface area contributed by atoms with E-state index in [0.29, 0.717) is 5.54 Å². The molecule has 4 saturated carbocycles. The first-order chi connectivity index (χ1) is 8.56. The zero-order valence-electron chi connectivity index (χ0n) is 12.7. The molecule has 0 spiro atoms. The monoisotopic (exact) mass is 247 g/mol. The van der Waals surface area contributed by atoms with Gasteiger partial charge in [0, 0.05) is 18.1 Å². The number of piperidine rings is 1. The summed E-state index contributed by atoms with van der Waals surface area (Å²) in [6.45, 7) is 13.8. The Balaban J connectivity index is 1.77. The number of rotatable bonds is 3. The molecule has 1 aliphatic heterocycles. The summed E-state index contributed by atoms with van der Waals surface area (Å²) >= 11 is 0. The van der Waals surface area contributed by atoms with Crippen LogP contribution >= 0.6 is 0 Å². The van der Waals surface area contributed by atoms with E-state index >= 15 is 0 Å². The third-order valence-corrected chi connectivity index (χ3v) is 7.67. The number of likely N-dealkylation sites (tertiary alicyclic amines) is 1. The number of nitrogens with zero attached hydrogens (tertiary/aromatic N) is 1. The Morgan fingerprint density at radius 1 is 1.17 bits per heavy atom. The van der Waals surface area contributed by atoms with Crippen molar-refractivity contribution < 1.29 is 0 Å². The Labute approximate surface area is 112 Å². The first-order valence-corrected chi connectivity index (χ1v) is 8.33. The van der Waals surface area contributed by atoms with Crippen LogP contribution < -0.4 is 0 Å². The number of hydrogen-bond donors (Lipinski definition) is 0. The molecule has 0 radical (unpaired) electrons. The van der Waals surface area contributed by atoms with Crippen molar-refractivity contribution in [2.24, 2.45) is 41.4 Å². The second-order valence-electron chi connectivity index (χ2n) is 8.01. The minimum Gasteiger partial charge on any atom is -0.294 e. The fraction of sp³-hybridized carbons (Fsp3) is 1.00. The van der Waals surface area contributed by atoms with Gasteiger partial charge in [-0.15, -0.1) is 0 Å². The van der Waals surface area contributed by atoms with Gasteiger partial charge in [0.15, 0.2) is 0 Å². The highest BCUT2D eigenvalue weighted by Crippen LogP contribution is 2.81. The predicted octanol–water partition coefficient (Wildman–Crippen LogP) is 3.64. The van der Waals surface area contributed by atoms with Gasteiger partial charge < -0.3 is 0 Å². The van der Waals surface area contributed by atoms with Crippen LogP contribution in [0.3, 0.4) is 0 Å². The molecule has 1 heteroatoms. The van der Waals surface area contributed by atoms with Gasteiger partial charge in [-0.1, -0.05) is 33.6 Å². The van der Waals surface area contributed by atoms with Crippen LogP contribution in [0.2, 0.25) is 0 Å². The quantitative estimate of drug-likeness (QED) is 0.736. The van der Waals surface area contributed by atoms with Crippen LogP contribution in [0.25, 0.3) is 0 Å². The lowest BCUT2D eigenvalue weighted by Gasteiger charge is -2.55. The maximum absolute atomic E-state index is 2.93. The van der Waals surface area contributed by atoms with E-state index in [0.717, 1.165) is 47.5 Å². The molecule has 1 nitrogen and oxygen atoms in total. The molecule has 8 atom stereocenters. The van der Waals surface area contributed by atoms with E-state index in [2.05, 4.69) is 39.5 Å². The van der Waals surface area contributed by atoms with Crippen LogP contribution in [0.1, 0.15) is 47.5 Å². The van der Waals surface area contributed by atoms with E-state index < -0.39 is 0 Å². The Hall–Kier alpha value is -0.0400. The van der Waals surface area contributed by atoms with Gasteiger partial charge in [0.1, 0.15) is 0 Å². The lowest BCUT2D eigenvalue weighted by Crippen LogP contribution is -2.59. The fourth-order valence-corrected chi connectivity index (χ4v) is 7.59. The Morgan fingerprint density at radius 3 is 2.50 bits per heavy atom. The van der Waals surface area contributed by atoms with E-state index in [1.54, 1.807) is 0 Å². The summed E-state index contributed by atoms with van der Waals surface area (Å²) in [5.74, 6) is 7.38. The van der Waals surface area contributed by atoms with Gasteiger partial charge >= 0.3 is 0 Å². The number of hydrogen-bond acceptors (Lipinski definition) is 1. The minimum absolute atomic E-state index is 0.619. The van der Waals surface area contributed by atoms with Crippen LogP contribution in [0.5, 0.6) is 0 Å². The smallest absolute Gasteiger partial charge is 0.0303 e. The van der Waals surface area contributed by atoms with Gasteiger partial charge in [-0.05, 0) is 55.3 Å². The molecule has 1 saturated heterocycles. The van der Waals surface area contributed by atoms with E-state index in [4.69, 9.17) is 0 Å². The van der Waals surface area contributed by atoms with Crippen molar-refractivity contribution in [3.63, 3.8) is 0 Å². The van der Waals surface area contributed by atoms with Crippen molar-refractivity contribution >= 4 is 0 Å². The highest BCUT2D eigenvalue weighted by molar-refractivity contribution is 5.34. The van der Waals surface area contributed by atoms with Gasteiger partial charge in [0.25, 0.3) is 0 Å². The third kappa shape index (κ3) is 0.901. The molecule has 5 fully saturated rings.